The van der Waals surface area contributed by atoms with E-state index in [1.807, 2.05) is 30.3 Å². The first-order valence-electron chi connectivity index (χ1n) is 8.73. The Morgan fingerprint density at radius 3 is 2.38 bits per heavy atom. The molecule has 2 aromatic carbocycles. The summed E-state index contributed by atoms with van der Waals surface area (Å²) < 4.78 is 7.49. The van der Waals surface area contributed by atoms with Crippen molar-refractivity contribution in [2.75, 3.05) is 4.90 Å². The van der Waals surface area contributed by atoms with Gasteiger partial charge in [0.2, 0.25) is 0 Å². The van der Waals surface area contributed by atoms with Crippen LogP contribution in [0.4, 0.5) is 5.69 Å². The standard InChI is InChI=1S/C21H16N4O3S/c1-24-12-14(22-13-24)11-18-19(26)23-21(29)25(20(18)27)15-7-9-17(10-8-15)28-16-5-3-2-4-6-16/h2-13H,1H3,(H,23,26,29). The first-order chi connectivity index (χ1) is 14.0. The Hall–Kier alpha value is -3.78. The third-order valence-electron chi connectivity index (χ3n) is 4.19. The predicted octanol–water partition coefficient (Wildman–Crippen LogP) is 3.04. The molecule has 1 aliphatic heterocycles. The number of hydrogen-bond acceptors (Lipinski definition) is 5. The number of nitrogens with one attached hydrogen (secondary N) is 1. The molecule has 8 heteroatoms. The minimum absolute atomic E-state index is 0.0231. The lowest BCUT2D eigenvalue weighted by molar-refractivity contribution is -0.122. The maximum atomic E-state index is 13.0. The van der Waals surface area contributed by atoms with Crippen LogP contribution in [0, 0.1) is 0 Å². The van der Waals surface area contributed by atoms with E-state index < -0.39 is 11.8 Å². The van der Waals surface area contributed by atoms with Crippen LogP contribution in [-0.2, 0) is 16.6 Å². The Kier molecular flexibility index (Phi) is 4.92. The van der Waals surface area contributed by atoms with Crippen LogP contribution in [0.3, 0.4) is 0 Å². The van der Waals surface area contributed by atoms with Crippen LogP contribution in [0.15, 0.2) is 72.7 Å². The van der Waals surface area contributed by atoms with Gasteiger partial charge in [0.25, 0.3) is 11.8 Å². The number of benzene rings is 2. The fourth-order valence-corrected chi connectivity index (χ4v) is 3.12. The number of rotatable bonds is 4. The van der Waals surface area contributed by atoms with Gasteiger partial charge in [-0.25, -0.2) is 4.98 Å². The zero-order valence-corrected chi connectivity index (χ0v) is 16.2. The molecule has 7 nitrogen and oxygen atoms in total. The molecule has 0 radical (unpaired) electrons. The highest BCUT2D eigenvalue weighted by Crippen LogP contribution is 2.26. The molecule has 0 aliphatic carbocycles. The highest BCUT2D eigenvalue weighted by Gasteiger charge is 2.34. The largest absolute Gasteiger partial charge is 0.457 e. The summed E-state index contributed by atoms with van der Waals surface area (Å²) in [6.07, 6.45) is 4.74. The molecule has 2 amide bonds. The summed E-state index contributed by atoms with van der Waals surface area (Å²) in [5, 5.41) is 2.58. The van der Waals surface area contributed by atoms with Gasteiger partial charge in [-0.3, -0.25) is 19.8 Å². The maximum Gasteiger partial charge on any atom is 0.270 e. The Balaban J connectivity index is 1.59. The van der Waals surface area contributed by atoms with Crippen LogP contribution < -0.4 is 15.0 Å². The van der Waals surface area contributed by atoms with Gasteiger partial charge >= 0.3 is 0 Å². The lowest BCUT2D eigenvalue weighted by atomic mass is 10.1. The molecule has 3 aromatic rings. The Morgan fingerprint density at radius 2 is 1.72 bits per heavy atom. The third-order valence-corrected chi connectivity index (χ3v) is 4.48. The van der Waals surface area contributed by atoms with Crippen molar-refractivity contribution < 1.29 is 14.3 Å². The molecule has 29 heavy (non-hydrogen) atoms. The number of carbonyl (C=O) groups excluding carboxylic acids is 2. The second-order valence-electron chi connectivity index (χ2n) is 6.33. The van der Waals surface area contributed by atoms with Crippen molar-refractivity contribution in [3.63, 3.8) is 0 Å². The van der Waals surface area contributed by atoms with Crippen LogP contribution >= 0.6 is 12.2 Å². The van der Waals surface area contributed by atoms with Gasteiger partial charge in [0.05, 0.1) is 17.7 Å². The van der Waals surface area contributed by atoms with Crippen LogP contribution in [0.1, 0.15) is 5.69 Å². The summed E-state index contributed by atoms with van der Waals surface area (Å²) in [5.74, 6) is 0.258. The quantitative estimate of drug-likeness (QED) is 0.411. The smallest absolute Gasteiger partial charge is 0.270 e. The van der Waals surface area contributed by atoms with Crippen molar-refractivity contribution in [3.8, 4) is 11.5 Å². The van der Waals surface area contributed by atoms with Gasteiger partial charge in [0, 0.05) is 13.2 Å². The molecule has 1 aliphatic rings. The first kappa shape index (κ1) is 18.6. The molecule has 4 rings (SSSR count). The highest BCUT2D eigenvalue weighted by molar-refractivity contribution is 7.80. The lowest BCUT2D eigenvalue weighted by Crippen LogP contribution is -2.54. The minimum Gasteiger partial charge on any atom is -0.457 e. The molecule has 0 atom stereocenters. The minimum atomic E-state index is -0.550. The Bertz CT molecular complexity index is 1120. The monoisotopic (exact) mass is 404 g/mol. The van der Waals surface area contributed by atoms with Gasteiger partial charge in [0.15, 0.2) is 5.11 Å². The average molecular weight is 404 g/mol. The topological polar surface area (TPSA) is 76.5 Å². The molecule has 0 bridgehead atoms. The van der Waals surface area contributed by atoms with E-state index in [0.29, 0.717) is 22.9 Å². The van der Waals surface area contributed by atoms with E-state index in [9.17, 15) is 9.59 Å². The van der Waals surface area contributed by atoms with Crippen LogP contribution in [-0.4, -0.2) is 26.5 Å². The number of ether oxygens (including phenoxy) is 1. The van der Waals surface area contributed by atoms with E-state index in [2.05, 4.69) is 10.3 Å². The molecule has 1 aromatic heterocycles. The molecule has 0 unspecified atom stereocenters. The van der Waals surface area contributed by atoms with E-state index in [1.54, 1.807) is 48.4 Å². The summed E-state index contributed by atoms with van der Waals surface area (Å²) in [7, 11) is 1.80. The van der Waals surface area contributed by atoms with Crippen LogP contribution in [0.2, 0.25) is 0 Å². The van der Waals surface area contributed by atoms with Crippen molar-refractivity contribution in [3.05, 3.63) is 78.4 Å². The van der Waals surface area contributed by atoms with Gasteiger partial charge in [-0.15, -0.1) is 0 Å². The molecular weight excluding hydrogens is 388 g/mol. The second kappa shape index (κ2) is 7.69. The number of para-hydroxylation sites is 1. The summed E-state index contributed by atoms with van der Waals surface area (Å²) in [4.78, 5) is 30.7. The van der Waals surface area contributed by atoms with Gasteiger partial charge in [-0.1, -0.05) is 18.2 Å². The summed E-state index contributed by atoms with van der Waals surface area (Å²) in [6, 6.07) is 16.2. The van der Waals surface area contributed by atoms with Crippen molar-refractivity contribution in [2.24, 2.45) is 7.05 Å². The van der Waals surface area contributed by atoms with E-state index in [0.717, 1.165) is 0 Å². The van der Waals surface area contributed by atoms with Crippen molar-refractivity contribution in [1.82, 2.24) is 14.9 Å². The molecule has 1 fully saturated rings. The van der Waals surface area contributed by atoms with E-state index in [-0.39, 0.29) is 10.7 Å². The van der Waals surface area contributed by atoms with E-state index in [4.69, 9.17) is 17.0 Å². The summed E-state index contributed by atoms with van der Waals surface area (Å²) >= 11 is 5.22. The van der Waals surface area contributed by atoms with Crippen molar-refractivity contribution >= 4 is 40.9 Å². The van der Waals surface area contributed by atoms with Crippen LogP contribution in [0.5, 0.6) is 11.5 Å². The summed E-state index contributed by atoms with van der Waals surface area (Å²) in [6.45, 7) is 0. The SMILES string of the molecule is Cn1cnc(C=C2C(=O)NC(=S)N(c3ccc(Oc4ccccc4)cc3)C2=O)c1. The fourth-order valence-electron chi connectivity index (χ4n) is 2.84. The summed E-state index contributed by atoms with van der Waals surface area (Å²) in [5.41, 5.74) is 0.986. The van der Waals surface area contributed by atoms with Gasteiger partial charge in [-0.05, 0) is 54.7 Å². The van der Waals surface area contributed by atoms with Crippen molar-refractivity contribution in [2.45, 2.75) is 0 Å². The van der Waals surface area contributed by atoms with Crippen molar-refractivity contribution in [1.29, 1.82) is 0 Å². The Labute approximate surface area is 172 Å². The predicted molar refractivity (Wildman–Crippen MR) is 112 cm³/mol. The molecule has 0 saturated carbocycles. The molecule has 2 heterocycles. The molecular formula is C21H16N4O3S. The van der Waals surface area contributed by atoms with Gasteiger partial charge < -0.3 is 9.30 Å². The number of hydrogen-bond donors (Lipinski definition) is 1. The lowest BCUT2D eigenvalue weighted by Gasteiger charge is -2.28. The number of amides is 2. The number of nitrogens with zero attached hydrogens (tertiary/aromatic N) is 3. The highest BCUT2D eigenvalue weighted by atomic mass is 32.1. The van der Waals surface area contributed by atoms with Crippen LogP contribution in [0.25, 0.3) is 6.08 Å². The number of anilines is 1. The fraction of sp³-hybridized carbons (Fsp3) is 0.0476. The van der Waals surface area contributed by atoms with E-state index in [1.165, 1.54) is 11.0 Å². The average Bonchev–Trinajstić information content (AvgIpc) is 3.12. The normalized spacial score (nSPS) is 15.6. The van der Waals surface area contributed by atoms with Gasteiger partial charge in [-0.2, -0.15) is 0 Å². The first-order valence-corrected chi connectivity index (χ1v) is 9.14. The Morgan fingerprint density at radius 1 is 1.03 bits per heavy atom. The second-order valence-corrected chi connectivity index (χ2v) is 6.72. The molecule has 0 spiro atoms. The zero-order chi connectivity index (χ0) is 20.4. The molecule has 1 saturated heterocycles. The van der Waals surface area contributed by atoms with Gasteiger partial charge in [0.1, 0.15) is 17.1 Å². The number of aromatic nitrogens is 2. The number of aryl methyl sites for hydroxylation is 1. The number of thiocarbonyl (C=S) groups is 1. The zero-order valence-electron chi connectivity index (χ0n) is 15.4. The number of carbonyl (C=O) groups is 2. The third kappa shape index (κ3) is 3.92. The van der Waals surface area contributed by atoms with E-state index >= 15 is 0 Å². The number of imidazole rings is 1. The maximum absolute atomic E-state index is 13.0. The molecule has 144 valence electrons. The molecule has 1 N–H and O–H groups in total.